The molecule has 5 rings (SSSR count). The molecular weight excluding hydrogens is 332 g/mol. The van der Waals surface area contributed by atoms with Crippen LogP contribution < -0.4 is 20.2 Å². The number of nitrogens with zero attached hydrogens (tertiary/aromatic N) is 2. The molecule has 4 heterocycles. The van der Waals surface area contributed by atoms with Crippen molar-refractivity contribution in [1.82, 2.24) is 20.7 Å². The van der Waals surface area contributed by atoms with Crippen molar-refractivity contribution in [3.63, 3.8) is 0 Å². The van der Waals surface area contributed by atoms with Gasteiger partial charge in [-0.1, -0.05) is 6.07 Å². The molecule has 132 valence electrons. The van der Waals surface area contributed by atoms with E-state index in [4.69, 9.17) is 9.47 Å². The molecule has 7 nitrogen and oxygen atoms in total. The molecular formula is C19H18N4O3. The highest BCUT2D eigenvalue weighted by atomic mass is 16.7. The largest absolute Gasteiger partial charge is 0.454 e. The molecule has 0 saturated carbocycles. The predicted molar refractivity (Wildman–Crippen MR) is 93.9 cm³/mol. The van der Waals surface area contributed by atoms with E-state index >= 15 is 0 Å². The first-order valence-corrected chi connectivity index (χ1v) is 8.59. The molecule has 1 amide bonds. The first-order valence-electron chi connectivity index (χ1n) is 8.59. The number of fused-ring (bicyclic) bond motifs is 2. The standard InChI is InChI=1S/C19H18N4O3/c1-11-18(13-4-2-3-7-20-13)19-21-14(9-17(24)23(19)22-11)12-5-6-15-16(8-12)26-10-25-15/h2-9,11,18-19,21-22H,10H2,1H3. The number of benzene rings is 1. The smallest absolute Gasteiger partial charge is 0.264 e. The molecule has 3 atom stereocenters. The zero-order valence-electron chi connectivity index (χ0n) is 14.2. The second kappa shape index (κ2) is 5.74. The Morgan fingerprint density at radius 2 is 2.08 bits per heavy atom. The van der Waals surface area contributed by atoms with Gasteiger partial charge in [0.1, 0.15) is 6.17 Å². The van der Waals surface area contributed by atoms with E-state index in [1.54, 1.807) is 17.3 Å². The van der Waals surface area contributed by atoms with Crippen LogP contribution in [0.15, 0.2) is 48.7 Å². The van der Waals surface area contributed by atoms with Gasteiger partial charge in [-0.3, -0.25) is 14.8 Å². The number of pyridine rings is 1. The topological polar surface area (TPSA) is 75.7 Å². The van der Waals surface area contributed by atoms with Gasteiger partial charge in [0.25, 0.3) is 5.91 Å². The fourth-order valence-corrected chi connectivity index (χ4v) is 3.78. The summed E-state index contributed by atoms with van der Waals surface area (Å²) in [4.78, 5) is 17.2. The van der Waals surface area contributed by atoms with Crippen LogP contribution in [0.1, 0.15) is 24.1 Å². The summed E-state index contributed by atoms with van der Waals surface area (Å²) in [5, 5.41) is 5.15. The molecule has 2 aromatic rings. The molecule has 1 saturated heterocycles. The molecule has 1 aromatic heterocycles. The van der Waals surface area contributed by atoms with Crippen LogP contribution in [0, 0.1) is 0 Å². The second-order valence-corrected chi connectivity index (χ2v) is 6.62. The molecule has 1 fully saturated rings. The van der Waals surface area contributed by atoms with E-state index in [1.165, 1.54) is 0 Å². The molecule has 0 bridgehead atoms. The van der Waals surface area contributed by atoms with Crippen molar-refractivity contribution >= 4 is 11.6 Å². The van der Waals surface area contributed by atoms with E-state index in [0.29, 0.717) is 5.75 Å². The van der Waals surface area contributed by atoms with E-state index in [9.17, 15) is 4.79 Å². The summed E-state index contributed by atoms with van der Waals surface area (Å²) in [5.41, 5.74) is 5.87. The van der Waals surface area contributed by atoms with Crippen LogP contribution in [0.3, 0.4) is 0 Å². The monoisotopic (exact) mass is 350 g/mol. The van der Waals surface area contributed by atoms with Gasteiger partial charge >= 0.3 is 0 Å². The first kappa shape index (κ1) is 15.2. The number of carbonyl (C=O) groups is 1. The molecule has 3 aliphatic rings. The number of hydrogen-bond donors (Lipinski definition) is 2. The van der Waals surface area contributed by atoms with Gasteiger partial charge in [0.05, 0.1) is 5.92 Å². The number of rotatable bonds is 2. The lowest BCUT2D eigenvalue weighted by Crippen LogP contribution is -2.52. The van der Waals surface area contributed by atoms with E-state index in [-0.39, 0.29) is 30.8 Å². The van der Waals surface area contributed by atoms with E-state index in [0.717, 1.165) is 22.7 Å². The third kappa shape index (κ3) is 2.32. The van der Waals surface area contributed by atoms with Gasteiger partial charge in [0.2, 0.25) is 6.79 Å². The molecule has 2 N–H and O–H groups in total. The van der Waals surface area contributed by atoms with E-state index < -0.39 is 0 Å². The summed E-state index contributed by atoms with van der Waals surface area (Å²) in [6.45, 7) is 2.29. The molecule has 3 unspecified atom stereocenters. The number of nitrogens with one attached hydrogen (secondary N) is 2. The van der Waals surface area contributed by atoms with E-state index in [1.807, 2.05) is 36.4 Å². The zero-order chi connectivity index (χ0) is 17.7. The van der Waals surface area contributed by atoms with Crippen LogP contribution in [0.25, 0.3) is 5.70 Å². The summed E-state index contributed by atoms with van der Waals surface area (Å²) in [7, 11) is 0. The van der Waals surface area contributed by atoms with Crippen LogP contribution >= 0.6 is 0 Å². The van der Waals surface area contributed by atoms with Gasteiger partial charge in [-0.15, -0.1) is 0 Å². The Bertz CT molecular complexity index is 899. The normalized spacial score (nSPS) is 26.3. The maximum absolute atomic E-state index is 12.7. The highest BCUT2D eigenvalue weighted by Crippen LogP contribution is 2.37. The number of carbonyl (C=O) groups excluding carboxylic acids is 1. The SMILES string of the molecule is CC1NN2C(=O)C=C(c3ccc4c(c3)OCO4)NC2C1c1ccccn1. The quantitative estimate of drug-likeness (QED) is 0.857. The average Bonchev–Trinajstić information content (AvgIpc) is 3.25. The summed E-state index contributed by atoms with van der Waals surface area (Å²) in [6.07, 6.45) is 3.18. The van der Waals surface area contributed by atoms with Gasteiger partial charge in [-0.2, -0.15) is 0 Å². The molecule has 3 aliphatic heterocycles. The van der Waals surface area contributed by atoms with Gasteiger partial charge in [-0.05, 0) is 37.3 Å². The maximum atomic E-state index is 12.7. The van der Waals surface area contributed by atoms with Gasteiger partial charge in [-0.25, -0.2) is 5.43 Å². The van der Waals surface area contributed by atoms with Crippen LogP contribution in [0.4, 0.5) is 0 Å². The molecule has 1 aromatic carbocycles. The summed E-state index contributed by atoms with van der Waals surface area (Å²) >= 11 is 0. The number of amides is 1. The minimum absolute atomic E-state index is 0.0397. The highest BCUT2D eigenvalue weighted by molar-refractivity contribution is 5.97. The predicted octanol–water partition coefficient (Wildman–Crippen LogP) is 1.60. The lowest BCUT2D eigenvalue weighted by Gasteiger charge is -2.33. The lowest BCUT2D eigenvalue weighted by atomic mass is 9.94. The lowest BCUT2D eigenvalue weighted by molar-refractivity contribution is -0.130. The number of ether oxygens (including phenoxy) is 2. The van der Waals surface area contributed by atoms with Crippen LogP contribution in [-0.2, 0) is 4.79 Å². The van der Waals surface area contributed by atoms with Crippen molar-refractivity contribution < 1.29 is 14.3 Å². The fraction of sp³-hybridized carbons (Fsp3) is 0.263. The van der Waals surface area contributed by atoms with Gasteiger partial charge in [0.15, 0.2) is 11.5 Å². The molecule has 0 radical (unpaired) electrons. The Morgan fingerprint density at radius 1 is 1.19 bits per heavy atom. The minimum atomic E-state index is -0.210. The van der Waals surface area contributed by atoms with Crippen molar-refractivity contribution in [1.29, 1.82) is 0 Å². The fourth-order valence-electron chi connectivity index (χ4n) is 3.78. The second-order valence-electron chi connectivity index (χ2n) is 6.62. The number of hydrazine groups is 1. The Labute approximate surface area is 150 Å². The van der Waals surface area contributed by atoms with Crippen LogP contribution in [0.2, 0.25) is 0 Å². The van der Waals surface area contributed by atoms with Crippen molar-refractivity contribution in [3.05, 3.63) is 59.9 Å². The Balaban J connectivity index is 1.50. The summed E-state index contributed by atoms with van der Waals surface area (Å²) in [5.74, 6) is 1.38. The Morgan fingerprint density at radius 3 is 2.92 bits per heavy atom. The molecule has 26 heavy (non-hydrogen) atoms. The summed E-state index contributed by atoms with van der Waals surface area (Å²) < 4.78 is 10.8. The maximum Gasteiger partial charge on any atom is 0.264 e. The average molecular weight is 350 g/mol. The van der Waals surface area contributed by atoms with Crippen LogP contribution in [-0.4, -0.2) is 34.9 Å². The minimum Gasteiger partial charge on any atom is -0.454 e. The zero-order valence-corrected chi connectivity index (χ0v) is 14.2. The van der Waals surface area contributed by atoms with Crippen molar-refractivity contribution in [2.45, 2.75) is 25.0 Å². The third-order valence-electron chi connectivity index (χ3n) is 5.02. The first-order chi connectivity index (χ1) is 12.7. The third-order valence-corrected chi connectivity index (χ3v) is 5.02. The number of aromatic nitrogens is 1. The summed E-state index contributed by atoms with van der Waals surface area (Å²) in [6, 6.07) is 11.6. The Hall–Kier alpha value is -3.06. The highest BCUT2D eigenvalue weighted by Gasteiger charge is 2.45. The molecule has 7 heteroatoms. The van der Waals surface area contributed by atoms with Gasteiger partial charge in [0, 0.05) is 35.3 Å². The van der Waals surface area contributed by atoms with Crippen molar-refractivity contribution in [2.75, 3.05) is 6.79 Å². The molecule has 0 aliphatic carbocycles. The number of hydrogen-bond acceptors (Lipinski definition) is 6. The van der Waals surface area contributed by atoms with Crippen LogP contribution in [0.5, 0.6) is 11.5 Å². The van der Waals surface area contributed by atoms with Gasteiger partial charge < -0.3 is 14.8 Å². The molecule has 0 spiro atoms. The van der Waals surface area contributed by atoms with Crippen molar-refractivity contribution in [2.24, 2.45) is 0 Å². The van der Waals surface area contributed by atoms with Crippen molar-refractivity contribution in [3.8, 4) is 11.5 Å². The Kier molecular flexibility index (Phi) is 3.36. The van der Waals surface area contributed by atoms with E-state index in [2.05, 4.69) is 22.7 Å².